The summed E-state index contributed by atoms with van der Waals surface area (Å²) in [5.41, 5.74) is 1.45. The van der Waals surface area contributed by atoms with E-state index in [1.165, 1.54) is 12.1 Å². The Labute approximate surface area is 234 Å². The van der Waals surface area contributed by atoms with Crippen LogP contribution in [0.25, 0.3) is 0 Å². The van der Waals surface area contributed by atoms with Crippen LogP contribution in [0.1, 0.15) is 75.9 Å². The van der Waals surface area contributed by atoms with E-state index in [2.05, 4.69) is 0 Å². The molecule has 0 spiro atoms. The quantitative estimate of drug-likeness (QED) is 0.229. The predicted octanol–water partition coefficient (Wildman–Crippen LogP) is 6.42. The number of halogens is 1. The number of amidine groups is 1. The molecule has 1 aliphatic heterocycles. The van der Waals surface area contributed by atoms with E-state index in [4.69, 9.17) is 10.1 Å². The molecule has 2 N–H and O–H groups in total. The molecule has 1 saturated heterocycles. The fraction of sp³-hybridized carbons (Fsp3) is 0.517. The van der Waals surface area contributed by atoms with Crippen LogP contribution < -0.4 is 4.74 Å². The molecule has 0 radical (unpaired) electrons. The van der Waals surface area contributed by atoms with Gasteiger partial charge in [-0.25, -0.2) is 0 Å². The second-order valence-corrected chi connectivity index (χ2v) is 12.4. The molecule has 9 heteroatoms. The maximum absolute atomic E-state index is 13.4. The number of ether oxygens (including phenoxy) is 1. The second-order valence-electron chi connectivity index (χ2n) is 12.4. The molecule has 2 aliphatic rings. The van der Waals surface area contributed by atoms with E-state index in [-0.39, 0.29) is 69.5 Å². The van der Waals surface area contributed by atoms with Gasteiger partial charge in [0.15, 0.2) is 5.78 Å². The number of hydrogen-bond acceptors (Lipinski definition) is 6. The molecule has 1 heterocycles. The molecule has 2 fully saturated rings. The van der Waals surface area contributed by atoms with Gasteiger partial charge in [0.25, 0.3) is 5.69 Å². The summed E-state index contributed by atoms with van der Waals surface area (Å²) < 4.78 is 6.05. The van der Waals surface area contributed by atoms with Gasteiger partial charge in [-0.3, -0.25) is 20.3 Å². The topological polar surface area (TPSA) is 117 Å². The van der Waals surface area contributed by atoms with Crippen molar-refractivity contribution < 1.29 is 19.6 Å². The van der Waals surface area contributed by atoms with Crippen molar-refractivity contribution in [1.82, 2.24) is 4.90 Å². The third-order valence-electron chi connectivity index (χ3n) is 7.53. The minimum absolute atomic E-state index is 0. The standard InChI is InChI=1S/C29H37N3O5.BrH/c1-28(2,3)23-12-17(13-24(26(23)34)29(4,5)6)25(33)16-31-15-18-11-21(14-22(18)27(31)30)37-20-9-7-19(8-10-20)32(35)36;/h7-10,12-13,18,21-22,30,34H,11,14-16H2,1-6H3;1H/t18-,21+,22-;/m0./s1. The summed E-state index contributed by atoms with van der Waals surface area (Å²) in [6.45, 7) is 12.9. The van der Waals surface area contributed by atoms with Gasteiger partial charge in [0.05, 0.1) is 23.4 Å². The van der Waals surface area contributed by atoms with Crippen LogP contribution in [0.4, 0.5) is 5.69 Å². The molecule has 3 atom stereocenters. The lowest BCUT2D eigenvalue weighted by Crippen LogP contribution is -2.34. The minimum atomic E-state index is -0.438. The maximum atomic E-state index is 13.4. The first-order valence-corrected chi connectivity index (χ1v) is 12.8. The summed E-state index contributed by atoms with van der Waals surface area (Å²) in [6, 6.07) is 9.69. The van der Waals surface area contributed by atoms with Crippen LogP contribution in [0.2, 0.25) is 0 Å². The van der Waals surface area contributed by atoms with Crippen molar-refractivity contribution in [1.29, 1.82) is 5.41 Å². The minimum Gasteiger partial charge on any atom is -0.507 e. The van der Waals surface area contributed by atoms with Crippen molar-refractivity contribution in [2.24, 2.45) is 11.8 Å². The molecule has 0 aromatic heterocycles. The third kappa shape index (κ3) is 6.03. The summed E-state index contributed by atoms with van der Waals surface area (Å²) in [7, 11) is 0. The highest BCUT2D eigenvalue weighted by Crippen LogP contribution is 2.42. The largest absolute Gasteiger partial charge is 0.507 e. The van der Waals surface area contributed by atoms with Crippen molar-refractivity contribution >= 4 is 34.3 Å². The smallest absolute Gasteiger partial charge is 0.269 e. The predicted molar refractivity (Wildman–Crippen MR) is 153 cm³/mol. The maximum Gasteiger partial charge on any atom is 0.269 e. The Kier molecular flexibility index (Phi) is 8.32. The number of benzene rings is 2. The number of nitro groups is 1. The van der Waals surface area contributed by atoms with Gasteiger partial charge in [0.1, 0.15) is 11.5 Å². The second kappa shape index (κ2) is 10.7. The number of Topliss-reactive ketones (excluding diaryl/α,β-unsaturated/α-hetero) is 1. The van der Waals surface area contributed by atoms with E-state index < -0.39 is 4.92 Å². The third-order valence-corrected chi connectivity index (χ3v) is 7.53. The van der Waals surface area contributed by atoms with Gasteiger partial charge >= 0.3 is 0 Å². The molecule has 38 heavy (non-hydrogen) atoms. The van der Waals surface area contributed by atoms with E-state index in [1.807, 2.05) is 58.6 Å². The number of phenolic OH excluding ortho intramolecular Hbond substituents is 1. The Morgan fingerprint density at radius 2 is 1.63 bits per heavy atom. The zero-order chi connectivity index (χ0) is 27.3. The van der Waals surface area contributed by atoms with Crippen molar-refractivity contribution in [3.8, 4) is 11.5 Å². The van der Waals surface area contributed by atoms with Gasteiger partial charge in [0, 0.05) is 41.3 Å². The van der Waals surface area contributed by atoms with Gasteiger partial charge in [-0.1, -0.05) is 41.5 Å². The lowest BCUT2D eigenvalue weighted by molar-refractivity contribution is -0.384. The Morgan fingerprint density at radius 3 is 2.11 bits per heavy atom. The zero-order valence-electron chi connectivity index (χ0n) is 22.9. The number of non-ortho nitro benzene ring substituents is 1. The highest BCUT2D eigenvalue weighted by Gasteiger charge is 2.46. The van der Waals surface area contributed by atoms with Crippen LogP contribution in [0.5, 0.6) is 11.5 Å². The Morgan fingerprint density at radius 1 is 1.08 bits per heavy atom. The number of ketones is 1. The summed E-state index contributed by atoms with van der Waals surface area (Å²) >= 11 is 0. The van der Waals surface area contributed by atoms with Gasteiger partial charge in [-0.15, -0.1) is 17.0 Å². The average Bonchev–Trinajstić information content (AvgIpc) is 3.30. The fourth-order valence-corrected chi connectivity index (χ4v) is 5.51. The van der Waals surface area contributed by atoms with Crippen molar-refractivity contribution in [3.63, 3.8) is 0 Å². The molecule has 4 rings (SSSR count). The number of rotatable bonds is 6. The molecule has 0 amide bonds. The molecule has 0 unspecified atom stereocenters. The lowest BCUT2D eigenvalue weighted by atomic mass is 9.78. The number of nitrogens with zero attached hydrogens (tertiary/aromatic N) is 2. The van der Waals surface area contributed by atoms with Crippen LogP contribution in [0, 0.1) is 27.4 Å². The van der Waals surface area contributed by atoms with E-state index >= 15 is 0 Å². The highest BCUT2D eigenvalue weighted by atomic mass is 79.9. The zero-order valence-corrected chi connectivity index (χ0v) is 24.6. The number of nitro benzene ring substituents is 1. The summed E-state index contributed by atoms with van der Waals surface area (Å²) in [5.74, 6) is 1.52. The van der Waals surface area contributed by atoms with Crippen LogP contribution in [-0.2, 0) is 10.8 Å². The molecule has 2 aromatic carbocycles. The molecule has 2 aromatic rings. The van der Waals surface area contributed by atoms with Gasteiger partial charge < -0.3 is 14.7 Å². The number of aromatic hydroxyl groups is 1. The first-order valence-electron chi connectivity index (χ1n) is 12.8. The van der Waals surface area contributed by atoms with Crippen LogP contribution >= 0.6 is 17.0 Å². The van der Waals surface area contributed by atoms with Gasteiger partial charge in [-0.05, 0) is 53.9 Å². The van der Waals surface area contributed by atoms with Gasteiger partial charge in [0.2, 0.25) is 0 Å². The summed E-state index contributed by atoms with van der Waals surface area (Å²) in [6.07, 6.45) is 1.40. The number of carbonyl (C=O) groups excluding carboxylic acids is 1. The molecular formula is C29H38BrN3O5. The van der Waals surface area contributed by atoms with E-state index in [1.54, 1.807) is 12.1 Å². The first kappa shape index (κ1) is 29.6. The number of nitrogens with one attached hydrogen (secondary N) is 1. The van der Waals surface area contributed by atoms with E-state index in [0.29, 0.717) is 30.1 Å². The molecule has 1 aliphatic carbocycles. The van der Waals surface area contributed by atoms with E-state index in [0.717, 1.165) is 17.5 Å². The highest BCUT2D eigenvalue weighted by molar-refractivity contribution is 8.93. The Balaban J connectivity index is 0.00000400. The molecule has 1 saturated carbocycles. The Bertz CT molecular complexity index is 1200. The molecule has 8 nitrogen and oxygen atoms in total. The number of likely N-dealkylation sites (tertiary alicyclic amines) is 1. The average molecular weight is 589 g/mol. The normalized spacial score (nSPS) is 21.2. The van der Waals surface area contributed by atoms with Crippen molar-refractivity contribution in [2.75, 3.05) is 13.1 Å². The monoisotopic (exact) mass is 587 g/mol. The van der Waals surface area contributed by atoms with Crippen LogP contribution in [-0.4, -0.2) is 45.7 Å². The number of hydrogen-bond donors (Lipinski definition) is 2. The molecule has 206 valence electrons. The number of carbonyl (C=O) groups is 1. The SMILES string of the molecule is Br.CC(C)(C)c1cc(C(=O)CN2C[C@@H]3C[C@@H](Oc4ccc([N+](=O)[O-])cc4)C[C@@H]3C2=N)cc(C(C)(C)C)c1O. The lowest BCUT2D eigenvalue weighted by Gasteiger charge is -2.28. The summed E-state index contributed by atoms with van der Waals surface area (Å²) in [5, 5.41) is 30.6. The van der Waals surface area contributed by atoms with Crippen molar-refractivity contribution in [3.05, 3.63) is 63.2 Å². The van der Waals surface area contributed by atoms with Gasteiger partial charge in [-0.2, -0.15) is 0 Å². The first-order chi connectivity index (χ1) is 17.1. The number of phenols is 1. The Hall–Kier alpha value is -2.94. The van der Waals surface area contributed by atoms with Crippen molar-refractivity contribution in [2.45, 2.75) is 71.3 Å². The molecule has 0 bridgehead atoms. The van der Waals surface area contributed by atoms with Crippen LogP contribution in [0.3, 0.4) is 0 Å². The van der Waals surface area contributed by atoms with Crippen LogP contribution in [0.15, 0.2) is 36.4 Å². The summed E-state index contributed by atoms with van der Waals surface area (Å²) in [4.78, 5) is 25.7. The molecular weight excluding hydrogens is 550 g/mol. The number of fused-ring (bicyclic) bond motifs is 1. The van der Waals surface area contributed by atoms with E-state index in [9.17, 15) is 20.0 Å². The fourth-order valence-electron chi connectivity index (χ4n) is 5.51.